The number of ketones is 1. The van der Waals surface area contributed by atoms with Gasteiger partial charge >= 0.3 is 0 Å². The highest BCUT2D eigenvalue weighted by Crippen LogP contribution is 2.46. The summed E-state index contributed by atoms with van der Waals surface area (Å²) < 4.78 is 21.1. The largest absolute Gasteiger partial charge is 0.403 e. The first kappa shape index (κ1) is 24.4. The third-order valence-corrected chi connectivity index (χ3v) is 13.8. The lowest BCUT2D eigenvalue weighted by molar-refractivity contribution is -0.124. The van der Waals surface area contributed by atoms with Gasteiger partial charge < -0.3 is 8.99 Å². The van der Waals surface area contributed by atoms with Gasteiger partial charge in [0.25, 0.3) is 0 Å². The summed E-state index contributed by atoms with van der Waals surface area (Å²) in [5, 5.41) is 1.33. The van der Waals surface area contributed by atoms with E-state index in [0.717, 1.165) is 5.56 Å². The standard InChI is InChI=1S/C27H33O3PSi/c1-27(2,3)32(4,5)30-26(22-15-9-6-10-16-22)25(28)21-31(29,23-17-11-7-12-18-23)24-19-13-8-14-20-24/h6-20,26H,21H2,1-5H3/t26-/m0/s1. The van der Waals surface area contributed by atoms with E-state index in [2.05, 4.69) is 33.9 Å². The predicted molar refractivity (Wildman–Crippen MR) is 137 cm³/mol. The molecule has 0 amide bonds. The Morgan fingerprint density at radius 3 is 1.62 bits per heavy atom. The third-order valence-electron chi connectivity index (χ3n) is 6.34. The molecule has 0 unspecified atom stereocenters. The van der Waals surface area contributed by atoms with Crippen molar-refractivity contribution in [1.29, 1.82) is 0 Å². The second-order valence-corrected chi connectivity index (χ2v) is 17.3. The van der Waals surface area contributed by atoms with Crippen LogP contribution in [0.1, 0.15) is 32.4 Å². The van der Waals surface area contributed by atoms with Crippen molar-refractivity contribution >= 4 is 31.9 Å². The van der Waals surface area contributed by atoms with Gasteiger partial charge in [0.15, 0.2) is 14.1 Å². The summed E-state index contributed by atoms with van der Waals surface area (Å²) in [7, 11) is -5.43. The third kappa shape index (κ3) is 5.37. The normalized spacial score (nSPS) is 13.5. The van der Waals surface area contributed by atoms with Crippen molar-refractivity contribution in [2.45, 2.75) is 45.0 Å². The van der Waals surface area contributed by atoms with Crippen LogP contribution in [0.2, 0.25) is 18.1 Å². The molecule has 0 aliphatic carbocycles. The molecule has 3 rings (SSSR count). The van der Waals surface area contributed by atoms with Gasteiger partial charge in [-0.05, 0) is 23.7 Å². The Kier molecular flexibility index (Phi) is 7.39. The molecule has 3 aromatic carbocycles. The minimum atomic E-state index is -3.17. The second-order valence-electron chi connectivity index (χ2n) is 9.70. The van der Waals surface area contributed by atoms with Gasteiger partial charge in [0.1, 0.15) is 13.2 Å². The van der Waals surface area contributed by atoms with Crippen molar-refractivity contribution in [2.75, 3.05) is 6.16 Å². The molecule has 5 heteroatoms. The van der Waals surface area contributed by atoms with Crippen molar-refractivity contribution in [1.82, 2.24) is 0 Å². The summed E-state index contributed by atoms with van der Waals surface area (Å²) in [5.74, 6) is -0.142. The molecule has 32 heavy (non-hydrogen) atoms. The molecule has 3 aromatic rings. The molecule has 0 N–H and O–H groups in total. The molecule has 0 fully saturated rings. The van der Waals surface area contributed by atoms with Crippen LogP contribution in [-0.2, 0) is 13.8 Å². The van der Waals surface area contributed by atoms with E-state index < -0.39 is 21.6 Å². The van der Waals surface area contributed by atoms with Gasteiger partial charge in [0, 0.05) is 10.6 Å². The topological polar surface area (TPSA) is 43.4 Å². The lowest BCUT2D eigenvalue weighted by Gasteiger charge is -2.39. The van der Waals surface area contributed by atoms with Gasteiger partial charge in [-0.3, -0.25) is 4.79 Å². The molecule has 0 bridgehead atoms. The number of hydrogen-bond acceptors (Lipinski definition) is 3. The van der Waals surface area contributed by atoms with Crippen molar-refractivity contribution in [3.8, 4) is 0 Å². The molecule has 0 spiro atoms. The summed E-state index contributed by atoms with van der Waals surface area (Å²) in [6, 6.07) is 28.3. The van der Waals surface area contributed by atoms with Crippen molar-refractivity contribution in [3.05, 3.63) is 96.6 Å². The van der Waals surface area contributed by atoms with E-state index in [0.29, 0.717) is 10.6 Å². The quantitative estimate of drug-likeness (QED) is 0.289. The molecule has 0 heterocycles. The highest BCUT2D eigenvalue weighted by Gasteiger charge is 2.42. The second kappa shape index (κ2) is 9.70. The summed E-state index contributed by atoms with van der Waals surface area (Å²) in [5.41, 5.74) is 0.815. The maximum atomic E-state index is 14.5. The fraction of sp³-hybridized carbons (Fsp3) is 0.296. The zero-order valence-corrected chi connectivity index (χ0v) is 21.5. The highest BCUT2D eigenvalue weighted by atomic mass is 31.2. The molecule has 0 saturated heterocycles. The number of carbonyl (C=O) groups excluding carboxylic acids is 1. The van der Waals surface area contributed by atoms with Gasteiger partial charge in [-0.15, -0.1) is 0 Å². The Balaban J connectivity index is 2.04. The summed E-state index contributed by atoms with van der Waals surface area (Å²) in [6.45, 7) is 10.8. The zero-order valence-electron chi connectivity index (χ0n) is 19.6. The molecule has 0 aliphatic rings. The Morgan fingerprint density at radius 2 is 1.22 bits per heavy atom. The summed E-state index contributed by atoms with van der Waals surface area (Å²) in [4.78, 5) is 13.8. The van der Waals surface area contributed by atoms with E-state index in [-0.39, 0.29) is 17.0 Å². The van der Waals surface area contributed by atoms with Crippen LogP contribution in [0.5, 0.6) is 0 Å². The zero-order chi connectivity index (χ0) is 23.4. The van der Waals surface area contributed by atoms with E-state index >= 15 is 0 Å². The van der Waals surface area contributed by atoms with Crippen molar-refractivity contribution in [3.63, 3.8) is 0 Å². The molecule has 0 radical (unpaired) electrons. The summed E-state index contributed by atoms with van der Waals surface area (Å²) >= 11 is 0. The number of rotatable bonds is 8. The van der Waals surface area contributed by atoms with Crippen LogP contribution in [0.3, 0.4) is 0 Å². The van der Waals surface area contributed by atoms with Gasteiger partial charge in [0.2, 0.25) is 0 Å². The van der Waals surface area contributed by atoms with Crippen LogP contribution in [0.4, 0.5) is 0 Å². The highest BCUT2D eigenvalue weighted by molar-refractivity contribution is 7.79. The molecule has 1 atom stereocenters. The molecule has 168 valence electrons. The first-order valence-corrected chi connectivity index (χ1v) is 15.8. The van der Waals surface area contributed by atoms with E-state index in [1.165, 1.54) is 0 Å². The molecule has 3 nitrogen and oxygen atoms in total. The van der Waals surface area contributed by atoms with Crippen LogP contribution in [0.15, 0.2) is 91.0 Å². The van der Waals surface area contributed by atoms with Crippen LogP contribution >= 0.6 is 7.14 Å². The minimum Gasteiger partial charge on any atom is -0.403 e. The van der Waals surface area contributed by atoms with Crippen LogP contribution in [-0.4, -0.2) is 20.3 Å². The fourth-order valence-corrected chi connectivity index (χ4v) is 7.18. The Bertz CT molecular complexity index is 1030. The van der Waals surface area contributed by atoms with Gasteiger partial charge in [-0.2, -0.15) is 0 Å². The Labute approximate surface area is 193 Å². The Morgan fingerprint density at radius 1 is 0.812 bits per heavy atom. The van der Waals surface area contributed by atoms with Crippen molar-refractivity contribution < 1.29 is 13.8 Å². The van der Waals surface area contributed by atoms with Crippen molar-refractivity contribution in [2.24, 2.45) is 0 Å². The lowest BCUT2D eigenvalue weighted by atomic mass is 10.1. The fourth-order valence-electron chi connectivity index (χ4n) is 3.39. The lowest BCUT2D eigenvalue weighted by Crippen LogP contribution is -2.43. The predicted octanol–water partition coefficient (Wildman–Crippen LogP) is 6.33. The molecule has 0 saturated carbocycles. The van der Waals surface area contributed by atoms with Gasteiger partial charge in [0.05, 0.1) is 6.16 Å². The summed E-state index contributed by atoms with van der Waals surface area (Å²) in [6.07, 6.45) is -0.812. The van der Waals surface area contributed by atoms with E-state index in [9.17, 15) is 9.36 Å². The maximum absolute atomic E-state index is 14.5. The van der Waals surface area contributed by atoms with E-state index in [1.807, 2.05) is 91.0 Å². The van der Waals surface area contributed by atoms with E-state index in [4.69, 9.17) is 4.43 Å². The molecular weight excluding hydrogens is 431 g/mol. The van der Waals surface area contributed by atoms with Crippen LogP contribution in [0, 0.1) is 0 Å². The van der Waals surface area contributed by atoms with E-state index in [1.54, 1.807) is 0 Å². The number of hydrogen-bond donors (Lipinski definition) is 0. The van der Waals surface area contributed by atoms with Gasteiger partial charge in [-0.25, -0.2) is 0 Å². The van der Waals surface area contributed by atoms with Crippen LogP contribution < -0.4 is 10.6 Å². The monoisotopic (exact) mass is 464 g/mol. The van der Waals surface area contributed by atoms with Gasteiger partial charge in [-0.1, -0.05) is 112 Å². The molecule has 0 aromatic heterocycles. The average molecular weight is 465 g/mol. The molecular formula is C27H33O3PSi. The smallest absolute Gasteiger partial charge is 0.193 e. The average Bonchev–Trinajstić information content (AvgIpc) is 2.78. The number of carbonyl (C=O) groups is 1. The number of Topliss-reactive ketones (excluding diaryl/α,β-unsaturated/α-hetero) is 1. The number of benzene rings is 3. The molecule has 0 aliphatic heterocycles. The SMILES string of the molecule is CC(C)(C)[Si](C)(C)O[C@H](C(=O)CP(=O)(c1ccccc1)c1ccccc1)c1ccccc1. The van der Waals surface area contributed by atoms with Crippen LogP contribution in [0.25, 0.3) is 0 Å². The minimum absolute atomic E-state index is 0.0527. The maximum Gasteiger partial charge on any atom is 0.193 e. The Hall–Kier alpha value is -2.26. The first-order valence-electron chi connectivity index (χ1n) is 11.0. The first-order chi connectivity index (χ1) is 15.0.